The number of amides is 2. The van der Waals surface area contributed by atoms with Crippen molar-refractivity contribution in [3.8, 4) is 0 Å². The Labute approximate surface area is 200 Å². The highest BCUT2D eigenvalue weighted by Gasteiger charge is 2.26. The van der Waals surface area contributed by atoms with Crippen LogP contribution in [0.25, 0.3) is 10.2 Å². The Morgan fingerprint density at radius 2 is 1.73 bits per heavy atom. The van der Waals surface area contributed by atoms with Crippen LogP contribution in [0.2, 0.25) is 0 Å². The van der Waals surface area contributed by atoms with Gasteiger partial charge in [0.15, 0.2) is 5.13 Å². The number of carbonyl (C=O) groups is 2. The van der Waals surface area contributed by atoms with Crippen molar-refractivity contribution >= 4 is 50.3 Å². The summed E-state index contributed by atoms with van der Waals surface area (Å²) in [5, 5.41) is 5.92. The zero-order valence-corrected chi connectivity index (χ0v) is 20.7. The number of carbonyl (C=O) groups excluding carboxylic acids is 2. The maximum absolute atomic E-state index is 12.9. The van der Waals surface area contributed by atoms with Crippen molar-refractivity contribution in [1.82, 2.24) is 10.3 Å². The van der Waals surface area contributed by atoms with Crippen LogP contribution >= 0.6 is 23.1 Å². The van der Waals surface area contributed by atoms with Crippen molar-refractivity contribution in [1.29, 1.82) is 0 Å². The van der Waals surface area contributed by atoms with E-state index in [0.717, 1.165) is 5.56 Å². The summed E-state index contributed by atoms with van der Waals surface area (Å²) in [5.41, 5.74) is 2.18. The summed E-state index contributed by atoms with van der Waals surface area (Å²) < 4.78 is 25.9. The second kappa shape index (κ2) is 10.2. The molecule has 2 N–H and O–H groups in total. The fourth-order valence-corrected chi connectivity index (χ4v) is 4.72. The first kappa shape index (κ1) is 25.1. The molecule has 1 heterocycles. The zero-order chi connectivity index (χ0) is 24.3. The van der Waals surface area contributed by atoms with Crippen LogP contribution in [0.4, 0.5) is 13.9 Å². The Morgan fingerprint density at radius 3 is 2.30 bits per heavy atom. The van der Waals surface area contributed by atoms with Crippen LogP contribution in [0.3, 0.4) is 0 Å². The molecule has 33 heavy (non-hydrogen) atoms. The summed E-state index contributed by atoms with van der Waals surface area (Å²) in [5.74, 6) is -3.38. The van der Waals surface area contributed by atoms with Crippen LogP contribution in [0.15, 0.2) is 47.4 Å². The molecule has 2 aromatic carbocycles. The van der Waals surface area contributed by atoms with Crippen LogP contribution in [-0.2, 0) is 10.2 Å². The molecular weight excluding hydrogens is 464 g/mol. The number of hydrogen-bond donors (Lipinski definition) is 2. The molecule has 176 valence electrons. The molecule has 3 aromatic rings. The highest BCUT2D eigenvalue weighted by Crippen LogP contribution is 2.32. The minimum atomic E-state index is -2.50. The highest BCUT2D eigenvalue weighted by molar-refractivity contribution is 7.99. The van der Waals surface area contributed by atoms with E-state index in [1.165, 1.54) is 11.3 Å². The number of aromatic nitrogens is 1. The largest absolute Gasteiger partial charge is 0.340 e. The number of alkyl halides is 2. The maximum atomic E-state index is 12.9. The van der Waals surface area contributed by atoms with E-state index in [-0.39, 0.29) is 23.1 Å². The number of anilines is 1. The van der Waals surface area contributed by atoms with E-state index in [2.05, 4.69) is 36.4 Å². The first-order valence-corrected chi connectivity index (χ1v) is 12.2. The summed E-state index contributed by atoms with van der Waals surface area (Å²) in [6, 6.07) is 11.4. The molecule has 9 heteroatoms. The van der Waals surface area contributed by atoms with Gasteiger partial charge in [0.1, 0.15) is 6.04 Å². The first-order chi connectivity index (χ1) is 15.4. The average Bonchev–Trinajstić information content (AvgIpc) is 3.11. The van der Waals surface area contributed by atoms with Crippen molar-refractivity contribution < 1.29 is 18.4 Å². The third-order valence-electron chi connectivity index (χ3n) is 5.06. The van der Waals surface area contributed by atoms with Gasteiger partial charge < -0.3 is 10.6 Å². The molecule has 0 radical (unpaired) electrons. The number of nitrogens with one attached hydrogen (secondary N) is 2. The van der Waals surface area contributed by atoms with Gasteiger partial charge in [0.25, 0.3) is 11.7 Å². The number of thioether (sulfide) groups is 1. The van der Waals surface area contributed by atoms with E-state index in [1.807, 2.05) is 26.0 Å². The molecule has 0 saturated carbocycles. The van der Waals surface area contributed by atoms with Crippen molar-refractivity contribution in [3.63, 3.8) is 0 Å². The van der Waals surface area contributed by atoms with E-state index in [9.17, 15) is 18.4 Å². The minimum Gasteiger partial charge on any atom is -0.340 e. The molecule has 5 nitrogen and oxygen atoms in total. The zero-order valence-electron chi connectivity index (χ0n) is 19.1. The van der Waals surface area contributed by atoms with Gasteiger partial charge in [-0.1, -0.05) is 69.9 Å². The quantitative estimate of drug-likeness (QED) is 0.381. The van der Waals surface area contributed by atoms with Gasteiger partial charge in [-0.3, -0.25) is 9.59 Å². The molecule has 0 bridgehead atoms. The van der Waals surface area contributed by atoms with E-state index >= 15 is 0 Å². The van der Waals surface area contributed by atoms with Crippen molar-refractivity contribution in [2.75, 3.05) is 5.32 Å². The standard InChI is InChI=1S/C24H27F2N3O2S2/c1-13(2)19(28-20(30)14-6-8-15(9-7-14)24(3,4)5)21(31)29-23-27-17-11-10-16(32-22(25)26)12-18(17)33-23/h6-13,19,22H,1-5H3,(H,28,30)(H,27,29,31)/t19-/m1/s1. The van der Waals surface area contributed by atoms with Gasteiger partial charge in [0, 0.05) is 10.5 Å². The van der Waals surface area contributed by atoms with E-state index in [1.54, 1.807) is 30.3 Å². The second-order valence-corrected chi connectivity index (χ2v) is 11.1. The van der Waals surface area contributed by atoms with Crippen LogP contribution in [-0.4, -0.2) is 28.6 Å². The number of fused-ring (bicyclic) bond motifs is 1. The predicted octanol–water partition coefficient (Wildman–Crippen LogP) is 6.30. The van der Waals surface area contributed by atoms with Crippen molar-refractivity contribution in [2.45, 2.75) is 56.7 Å². The molecule has 3 rings (SSSR count). The number of nitrogens with zero attached hydrogens (tertiary/aromatic N) is 1. The van der Waals surface area contributed by atoms with Crippen LogP contribution in [0.1, 0.15) is 50.5 Å². The summed E-state index contributed by atoms with van der Waals surface area (Å²) in [7, 11) is 0. The lowest BCUT2D eigenvalue weighted by atomic mass is 9.86. The number of halogens is 2. The monoisotopic (exact) mass is 491 g/mol. The fraction of sp³-hybridized carbons (Fsp3) is 0.375. The predicted molar refractivity (Wildman–Crippen MR) is 131 cm³/mol. The van der Waals surface area contributed by atoms with Crippen LogP contribution in [0.5, 0.6) is 0 Å². The number of benzene rings is 2. The number of rotatable bonds is 7. The normalized spacial score (nSPS) is 12.9. The van der Waals surface area contributed by atoms with Gasteiger partial charge in [-0.05, 0) is 47.2 Å². The summed E-state index contributed by atoms with van der Waals surface area (Å²) >= 11 is 1.66. The van der Waals surface area contributed by atoms with Gasteiger partial charge in [-0.15, -0.1) is 0 Å². The SMILES string of the molecule is CC(C)[C@@H](NC(=O)c1ccc(C(C)(C)C)cc1)C(=O)Nc1nc2ccc(SC(F)F)cc2s1. The van der Waals surface area contributed by atoms with Crippen LogP contribution in [0, 0.1) is 5.92 Å². The Bertz CT molecular complexity index is 1140. The van der Waals surface area contributed by atoms with Gasteiger partial charge in [-0.2, -0.15) is 8.78 Å². The van der Waals surface area contributed by atoms with E-state index < -0.39 is 11.8 Å². The molecule has 0 spiro atoms. The summed E-state index contributed by atoms with van der Waals surface area (Å²) in [6.07, 6.45) is 0. The Kier molecular flexibility index (Phi) is 7.74. The van der Waals surface area contributed by atoms with Gasteiger partial charge in [-0.25, -0.2) is 4.98 Å². The van der Waals surface area contributed by atoms with Gasteiger partial charge in [0.05, 0.1) is 10.2 Å². The molecule has 0 aliphatic rings. The first-order valence-electron chi connectivity index (χ1n) is 10.5. The van der Waals surface area contributed by atoms with Gasteiger partial charge >= 0.3 is 0 Å². The minimum absolute atomic E-state index is 0.0223. The molecular formula is C24H27F2N3O2S2. The summed E-state index contributed by atoms with van der Waals surface area (Å²) in [4.78, 5) is 30.5. The molecule has 2 amide bonds. The Morgan fingerprint density at radius 1 is 1.06 bits per heavy atom. The van der Waals surface area contributed by atoms with E-state index in [4.69, 9.17) is 0 Å². The lowest BCUT2D eigenvalue weighted by molar-refractivity contribution is -0.118. The fourth-order valence-electron chi connectivity index (χ4n) is 3.20. The van der Waals surface area contributed by atoms with Gasteiger partial charge in [0.2, 0.25) is 5.91 Å². The number of thiazole rings is 1. The smallest absolute Gasteiger partial charge is 0.288 e. The summed E-state index contributed by atoms with van der Waals surface area (Å²) in [6.45, 7) is 9.99. The molecule has 0 aliphatic carbocycles. The molecule has 1 aromatic heterocycles. The van der Waals surface area contributed by atoms with Crippen molar-refractivity contribution in [2.24, 2.45) is 5.92 Å². The Hall–Kier alpha value is -2.52. The molecule has 0 saturated heterocycles. The molecule has 0 unspecified atom stereocenters. The lowest BCUT2D eigenvalue weighted by Crippen LogP contribution is -2.47. The highest BCUT2D eigenvalue weighted by atomic mass is 32.2. The molecule has 1 atom stereocenters. The Balaban J connectivity index is 1.71. The third kappa shape index (κ3) is 6.51. The number of hydrogen-bond acceptors (Lipinski definition) is 5. The second-order valence-electron chi connectivity index (χ2n) is 9.04. The average molecular weight is 492 g/mol. The van der Waals surface area contributed by atoms with Crippen molar-refractivity contribution in [3.05, 3.63) is 53.6 Å². The lowest BCUT2D eigenvalue weighted by Gasteiger charge is -2.22. The topological polar surface area (TPSA) is 71.1 Å². The maximum Gasteiger partial charge on any atom is 0.288 e. The third-order valence-corrected chi connectivity index (χ3v) is 6.70. The molecule has 0 fully saturated rings. The molecule has 0 aliphatic heterocycles. The van der Waals surface area contributed by atoms with E-state index in [0.29, 0.717) is 37.6 Å². The van der Waals surface area contributed by atoms with Crippen LogP contribution < -0.4 is 10.6 Å².